The van der Waals surface area contributed by atoms with Gasteiger partial charge in [-0.1, -0.05) is 24.3 Å². The minimum atomic E-state index is -0.0836. The molecule has 0 radical (unpaired) electrons. The van der Waals surface area contributed by atoms with Gasteiger partial charge in [0, 0.05) is 11.8 Å². The fraction of sp³-hybridized carbons (Fsp3) is 0.125. The van der Waals surface area contributed by atoms with Crippen LogP contribution < -0.4 is 10.3 Å². The van der Waals surface area contributed by atoms with E-state index in [1.807, 2.05) is 55.5 Å². The van der Waals surface area contributed by atoms with Gasteiger partial charge in [-0.3, -0.25) is 9.20 Å². The van der Waals surface area contributed by atoms with Crippen LogP contribution in [0.25, 0.3) is 5.65 Å². The molecule has 0 amide bonds. The summed E-state index contributed by atoms with van der Waals surface area (Å²) in [5.41, 5.74) is 2.06. The Kier molecular flexibility index (Phi) is 3.21. The monoisotopic (exact) mass is 266 g/mol. The molecule has 0 aliphatic heterocycles. The molecule has 0 bridgehead atoms. The molecule has 0 spiro atoms. The number of nitrogens with zero attached hydrogens (tertiary/aromatic N) is 2. The lowest BCUT2D eigenvalue weighted by atomic mass is 10.3. The van der Waals surface area contributed by atoms with Crippen molar-refractivity contribution in [3.05, 3.63) is 76.3 Å². The van der Waals surface area contributed by atoms with E-state index in [0.29, 0.717) is 11.3 Å². The zero-order chi connectivity index (χ0) is 13.9. The van der Waals surface area contributed by atoms with Crippen LogP contribution >= 0.6 is 0 Å². The van der Waals surface area contributed by atoms with Crippen LogP contribution in [0.3, 0.4) is 0 Å². The molecule has 4 heteroatoms. The Labute approximate surface area is 116 Å². The smallest absolute Gasteiger partial charge is 0.258 e. The molecule has 2 heterocycles. The van der Waals surface area contributed by atoms with Gasteiger partial charge in [-0.15, -0.1) is 0 Å². The Morgan fingerprint density at radius 2 is 1.90 bits per heavy atom. The highest BCUT2D eigenvalue weighted by molar-refractivity contribution is 5.40. The summed E-state index contributed by atoms with van der Waals surface area (Å²) in [6.45, 7) is 2.17. The lowest BCUT2D eigenvalue weighted by molar-refractivity contribution is 0.301. The standard InChI is InChI=1S/C16H14N2O2/c1-12-6-5-9-15-17-13(10-16(19)18(12)15)11-20-14-7-3-2-4-8-14/h2-10H,11H2,1H3. The summed E-state index contributed by atoms with van der Waals surface area (Å²) < 4.78 is 7.20. The van der Waals surface area contributed by atoms with Gasteiger partial charge in [0.05, 0.1) is 5.69 Å². The zero-order valence-corrected chi connectivity index (χ0v) is 11.1. The summed E-state index contributed by atoms with van der Waals surface area (Å²) in [6, 6.07) is 16.6. The molecule has 3 rings (SSSR count). The lowest BCUT2D eigenvalue weighted by Crippen LogP contribution is -2.18. The molecule has 100 valence electrons. The molecule has 0 unspecified atom stereocenters. The largest absolute Gasteiger partial charge is 0.487 e. The highest BCUT2D eigenvalue weighted by atomic mass is 16.5. The third-order valence-electron chi connectivity index (χ3n) is 3.06. The summed E-state index contributed by atoms with van der Waals surface area (Å²) >= 11 is 0. The van der Waals surface area contributed by atoms with E-state index < -0.39 is 0 Å². The van der Waals surface area contributed by atoms with Crippen LogP contribution in [0, 0.1) is 6.92 Å². The van der Waals surface area contributed by atoms with E-state index in [1.165, 1.54) is 6.07 Å². The summed E-state index contributed by atoms with van der Waals surface area (Å²) in [6.07, 6.45) is 0. The van der Waals surface area contributed by atoms with E-state index in [0.717, 1.165) is 11.4 Å². The van der Waals surface area contributed by atoms with Gasteiger partial charge >= 0.3 is 0 Å². The first-order valence-electron chi connectivity index (χ1n) is 6.40. The average molecular weight is 266 g/mol. The van der Waals surface area contributed by atoms with Crippen molar-refractivity contribution in [2.45, 2.75) is 13.5 Å². The molecule has 4 nitrogen and oxygen atoms in total. The molecule has 20 heavy (non-hydrogen) atoms. The third kappa shape index (κ3) is 2.40. The van der Waals surface area contributed by atoms with Crippen molar-refractivity contribution in [2.75, 3.05) is 0 Å². The van der Waals surface area contributed by atoms with Crippen molar-refractivity contribution in [3.63, 3.8) is 0 Å². The molecule has 0 fully saturated rings. The molecule has 0 aliphatic rings. The summed E-state index contributed by atoms with van der Waals surface area (Å²) in [5, 5.41) is 0. The highest BCUT2D eigenvalue weighted by Crippen LogP contribution is 2.11. The average Bonchev–Trinajstić information content (AvgIpc) is 2.46. The highest BCUT2D eigenvalue weighted by Gasteiger charge is 2.04. The molecular weight excluding hydrogens is 252 g/mol. The van der Waals surface area contributed by atoms with Crippen molar-refractivity contribution >= 4 is 5.65 Å². The van der Waals surface area contributed by atoms with Gasteiger partial charge < -0.3 is 4.74 Å². The number of fused-ring (bicyclic) bond motifs is 1. The van der Waals surface area contributed by atoms with E-state index >= 15 is 0 Å². The maximum absolute atomic E-state index is 12.1. The molecule has 2 aromatic heterocycles. The molecule has 0 atom stereocenters. The summed E-state index contributed by atoms with van der Waals surface area (Å²) in [5.74, 6) is 0.763. The fourth-order valence-corrected chi connectivity index (χ4v) is 2.11. The summed E-state index contributed by atoms with van der Waals surface area (Å²) in [4.78, 5) is 16.5. The van der Waals surface area contributed by atoms with E-state index in [1.54, 1.807) is 4.40 Å². The fourth-order valence-electron chi connectivity index (χ4n) is 2.11. The summed E-state index contributed by atoms with van der Waals surface area (Å²) in [7, 11) is 0. The van der Waals surface area contributed by atoms with Gasteiger partial charge in [0.2, 0.25) is 0 Å². The number of benzene rings is 1. The van der Waals surface area contributed by atoms with Crippen molar-refractivity contribution in [1.82, 2.24) is 9.38 Å². The predicted molar refractivity (Wildman–Crippen MR) is 77.0 cm³/mol. The zero-order valence-electron chi connectivity index (χ0n) is 11.1. The quantitative estimate of drug-likeness (QED) is 0.732. The number of para-hydroxylation sites is 1. The van der Waals surface area contributed by atoms with Gasteiger partial charge in [0.1, 0.15) is 18.0 Å². The first-order chi connectivity index (χ1) is 9.74. The second-order valence-corrected chi connectivity index (χ2v) is 4.55. The van der Waals surface area contributed by atoms with Gasteiger partial charge in [-0.05, 0) is 31.2 Å². The molecule has 0 aliphatic carbocycles. The molecule has 0 N–H and O–H groups in total. The minimum absolute atomic E-state index is 0.0836. The van der Waals surface area contributed by atoms with E-state index in [2.05, 4.69) is 4.98 Å². The van der Waals surface area contributed by atoms with Gasteiger partial charge in [0.25, 0.3) is 5.56 Å². The van der Waals surface area contributed by atoms with E-state index in [4.69, 9.17) is 4.74 Å². The van der Waals surface area contributed by atoms with Crippen molar-refractivity contribution in [1.29, 1.82) is 0 Å². The van der Waals surface area contributed by atoms with Crippen molar-refractivity contribution in [3.8, 4) is 5.75 Å². The SMILES string of the molecule is Cc1cccc2nc(COc3ccccc3)cc(=O)n12. The normalized spacial score (nSPS) is 10.7. The lowest BCUT2D eigenvalue weighted by Gasteiger charge is -2.08. The maximum Gasteiger partial charge on any atom is 0.258 e. The molecule has 0 saturated heterocycles. The van der Waals surface area contributed by atoms with Crippen LogP contribution in [0.5, 0.6) is 5.75 Å². The second-order valence-electron chi connectivity index (χ2n) is 4.55. The van der Waals surface area contributed by atoms with Gasteiger partial charge in [0.15, 0.2) is 0 Å². The molecule has 1 aromatic carbocycles. The molecule has 0 saturated carbocycles. The number of aromatic nitrogens is 2. The number of hydrogen-bond donors (Lipinski definition) is 0. The maximum atomic E-state index is 12.1. The number of hydrogen-bond acceptors (Lipinski definition) is 3. The van der Waals surface area contributed by atoms with Gasteiger partial charge in [-0.25, -0.2) is 4.98 Å². The van der Waals surface area contributed by atoms with Crippen LogP contribution in [0.15, 0.2) is 59.4 Å². The van der Waals surface area contributed by atoms with E-state index in [-0.39, 0.29) is 12.2 Å². The Morgan fingerprint density at radius 1 is 1.10 bits per heavy atom. The first kappa shape index (κ1) is 12.4. The number of rotatable bonds is 3. The van der Waals surface area contributed by atoms with Crippen LogP contribution in [0.4, 0.5) is 0 Å². The first-order valence-corrected chi connectivity index (χ1v) is 6.40. The third-order valence-corrected chi connectivity index (χ3v) is 3.06. The predicted octanol–water partition coefficient (Wildman–Crippen LogP) is 2.58. The Balaban J connectivity index is 1.92. The number of aryl methyl sites for hydroxylation is 1. The number of pyridine rings is 1. The van der Waals surface area contributed by atoms with E-state index in [9.17, 15) is 4.79 Å². The number of ether oxygens (including phenoxy) is 1. The van der Waals surface area contributed by atoms with Crippen LogP contribution in [-0.2, 0) is 6.61 Å². The van der Waals surface area contributed by atoms with Crippen LogP contribution in [0.1, 0.15) is 11.4 Å². The Bertz CT molecular complexity index is 794. The van der Waals surface area contributed by atoms with Crippen molar-refractivity contribution < 1.29 is 4.74 Å². The minimum Gasteiger partial charge on any atom is -0.487 e. The van der Waals surface area contributed by atoms with Gasteiger partial charge in [-0.2, -0.15) is 0 Å². The van der Waals surface area contributed by atoms with Crippen LogP contribution in [-0.4, -0.2) is 9.38 Å². The Morgan fingerprint density at radius 3 is 2.70 bits per heavy atom. The Hall–Kier alpha value is -2.62. The topological polar surface area (TPSA) is 43.6 Å². The van der Waals surface area contributed by atoms with Crippen LogP contribution in [0.2, 0.25) is 0 Å². The van der Waals surface area contributed by atoms with Crippen molar-refractivity contribution in [2.24, 2.45) is 0 Å². The molecular formula is C16H14N2O2. The molecule has 3 aromatic rings. The second kappa shape index (κ2) is 5.17.